The van der Waals surface area contributed by atoms with Crippen molar-refractivity contribution >= 4 is 17.7 Å². The Balaban J connectivity index is 3.36. The number of allylic oxidation sites excluding steroid dienone is 1. The SMILES string of the molecule is CCC(C)C/C=C/CSCC[C@H](N)C(=O)O. The number of carbonyl (C=O) groups is 1. The van der Waals surface area contributed by atoms with E-state index in [1.54, 1.807) is 11.8 Å². The minimum absolute atomic E-state index is 0.541. The average molecular weight is 245 g/mol. The van der Waals surface area contributed by atoms with Crippen molar-refractivity contribution in [2.45, 2.75) is 39.2 Å². The minimum Gasteiger partial charge on any atom is -0.480 e. The molecule has 4 heteroatoms. The molecule has 0 aromatic heterocycles. The lowest BCUT2D eigenvalue weighted by atomic mass is 10.1. The van der Waals surface area contributed by atoms with Gasteiger partial charge >= 0.3 is 5.97 Å². The molecule has 3 nitrogen and oxygen atoms in total. The van der Waals surface area contributed by atoms with E-state index in [4.69, 9.17) is 10.8 Å². The quantitative estimate of drug-likeness (QED) is 0.484. The van der Waals surface area contributed by atoms with Crippen molar-refractivity contribution in [3.05, 3.63) is 12.2 Å². The largest absolute Gasteiger partial charge is 0.480 e. The van der Waals surface area contributed by atoms with Gasteiger partial charge in [-0.1, -0.05) is 32.4 Å². The van der Waals surface area contributed by atoms with E-state index in [0.717, 1.165) is 23.8 Å². The van der Waals surface area contributed by atoms with Crippen LogP contribution in [0.15, 0.2) is 12.2 Å². The fraction of sp³-hybridized carbons (Fsp3) is 0.750. The topological polar surface area (TPSA) is 63.3 Å². The summed E-state index contributed by atoms with van der Waals surface area (Å²) in [5, 5.41) is 8.56. The summed E-state index contributed by atoms with van der Waals surface area (Å²) in [4.78, 5) is 10.4. The van der Waals surface area contributed by atoms with Crippen molar-refractivity contribution < 1.29 is 9.90 Å². The maximum Gasteiger partial charge on any atom is 0.320 e. The van der Waals surface area contributed by atoms with Crippen LogP contribution in [-0.4, -0.2) is 28.6 Å². The van der Waals surface area contributed by atoms with E-state index in [-0.39, 0.29) is 0 Å². The highest BCUT2D eigenvalue weighted by atomic mass is 32.2. The fourth-order valence-electron chi connectivity index (χ4n) is 1.05. The number of hydrogen-bond donors (Lipinski definition) is 2. The molecule has 0 aliphatic carbocycles. The van der Waals surface area contributed by atoms with Crippen LogP contribution in [0.1, 0.15) is 33.1 Å². The van der Waals surface area contributed by atoms with E-state index in [2.05, 4.69) is 26.0 Å². The lowest BCUT2D eigenvalue weighted by Crippen LogP contribution is -2.30. The van der Waals surface area contributed by atoms with Crippen LogP contribution in [-0.2, 0) is 4.79 Å². The molecule has 0 saturated carbocycles. The first-order valence-electron chi connectivity index (χ1n) is 5.79. The van der Waals surface area contributed by atoms with E-state index in [1.807, 2.05) is 0 Å². The third-order valence-corrected chi connectivity index (χ3v) is 3.46. The van der Waals surface area contributed by atoms with Crippen LogP contribution in [0.5, 0.6) is 0 Å². The zero-order chi connectivity index (χ0) is 12.4. The van der Waals surface area contributed by atoms with Gasteiger partial charge in [-0.25, -0.2) is 0 Å². The van der Waals surface area contributed by atoms with Gasteiger partial charge in [0.05, 0.1) is 0 Å². The molecule has 16 heavy (non-hydrogen) atoms. The Bertz CT molecular complexity index is 219. The van der Waals surface area contributed by atoms with Crippen molar-refractivity contribution in [2.75, 3.05) is 11.5 Å². The van der Waals surface area contributed by atoms with Gasteiger partial charge in [-0.05, 0) is 24.5 Å². The van der Waals surface area contributed by atoms with Gasteiger partial charge in [0.15, 0.2) is 0 Å². The summed E-state index contributed by atoms with van der Waals surface area (Å²) >= 11 is 1.73. The lowest BCUT2D eigenvalue weighted by molar-refractivity contribution is -0.138. The molecule has 0 aromatic carbocycles. The van der Waals surface area contributed by atoms with Crippen molar-refractivity contribution in [3.63, 3.8) is 0 Å². The smallest absolute Gasteiger partial charge is 0.320 e. The molecule has 0 bridgehead atoms. The van der Waals surface area contributed by atoms with Crippen LogP contribution in [0.4, 0.5) is 0 Å². The molecule has 0 rings (SSSR count). The lowest BCUT2D eigenvalue weighted by Gasteiger charge is -2.04. The van der Waals surface area contributed by atoms with Crippen LogP contribution in [0, 0.1) is 5.92 Å². The Kier molecular flexibility index (Phi) is 9.43. The highest BCUT2D eigenvalue weighted by Crippen LogP contribution is 2.09. The van der Waals surface area contributed by atoms with E-state index in [0.29, 0.717) is 6.42 Å². The Labute approximate surface area is 102 Å². The number of nitrogens with two attached hydrogens (primary N) is 1. The van der Waals surface area contributed by atoms with Crippen LogP contribution in [0.3, 0.4) is 0 Å². The molecular weight excluding hydrogens is 222 g/mol. The Hall–Kier alpha value is -0.480. The maximum atomic E-state index is 10.4. The normalized spacial score (nSPS) is 15.2. The summed E-state index contributed by atoms with van der Waals surface area (Å²) < 4.78 is 0. The molecule has 0 saturated heterocycles. The van der Waals surface area contributed by atoms with Crippen LogP contribution in [0.25, 0.3) is 0 Å². The van der Waals surface area contributed by atoms with Gasteiger partial charge in [0.1, 0.15) is 6.04 Å². The van der Waals surface area contributed by atoms with E-state index in [1.165, 1.54) is 6.42 Å². The minimum atomic E-state index is -0.909. The maximum absolute atomic E-state index is 10.4. The molecule has 3 N–H and O–H groups in total. The van der Waals surface area contributed by atoms with E-state index < -0.39 is 12.0 Å². The van der Waals surface area contributed by atoms with Gasteiger partial charge < -0.3 is 10.8 Å². The van der Waals surface area contributed by atoms with E-state index >= 15 is 0 Å². The zero-order valence-corrected chi connectivity index (χ0v) is 11.0. The van der Waals surface area contributed by atoms with Crippen LogP contribution >= 0.6 is 11.8 Å². The van der Waals surface area contributed by atoms with Gasteiger partial charge in [0.2, 0.25) is 0 Å². The number of carboxylic acids is 1. The van der Waals surface area contributed by atoms with Gasteiger partial charge in [-0.15, -0.1) is 0 Å². The predicted molar refractivity (Wildman–Crippen MR) is 70.8 cm³/mol. The Morgan fingerprint density at radius 3 is 2.75 bits per heavy atom. The number of carboxylic acid groups (broad SMARTS) is 1. The molecule has 2 atom stereocenters. The first kappa shape index (κ1) is 15.5. The van der Waals surface area contributed by atoms with Crippen molar-refractivity contribution in [1.29, 1.82) is 0 Å². The predicted octanol–water partition coefficient (Wildman–Crippen LogP) is 2.51. The molecule has 0 aliphatic heterocycles. The van der Waals surface area contributed by atoms with Crippen LogP contribution < -0.4 is 5.73 Å². The van der Waals surface area contributed by atoms with Crippen molar-refractivity contribution in [3.8, 4) is 0 Å². The number of aliphatic carboxylic acids is 1. The molecule has 0 radical (unpaired) electrons. The highest BCUT2D eigenvalue weighted by molar-refractivity contribution is 7.99. The average Bonchev–Trinajstić information content (AvgIpc) is 2.26. The molecular formula is C12H23NO2S. The van der Waals surface area contributed by atoms with E-state index in [9.17, 15) is 4.79 Å². The van der Waals surface area contributed by atoms with Crippen LogP contribution in [0.2, 0.25) is 0 Å². The molecule has 0 heterocycles. The monoisotopic (exact) mass is 245 g/mol. The summed E-state index contributed by atoms with van der Waals surface area (Å²) in [6.07, 6.45) is 7.25. The summed E-state index contributed by atoms with van der Waals surface area (Å²) in [6, 6.07) is -0.711. The Morgan fingerprint density at radius 2 is 2.19 bits per heavy atom. The number of hydrogen-bond acceptors (Lipinski definition) is 3. The Morgan fingerprint density at radius 1 is 1.50 bits per heavy atom. The molecule has 94 valence electrons. The van der Waals surface area contributed by atoms with Gasteiger partial charge in [0.25, 0.3) is 0 Å². The first-order chi connectivity index (χ1) is 7.57. The fourth-order valence-corrected chi connectivity index (χ4v) is 1.91. The van der Waals surface area contributed by atoms with Gasteiger partial charge in [-0.2, -0.15) is 11.8 Å². The standard InChI is InChI=1S/C12H23NO2S/c1-3-10(2)6-4-5-8-16-9-7-11(13)12(14)15/h4-5,10-11H,3,6-9,13H2,1-2H3,(H,14,15)/b5-4+/t10?,11-/m0/s1. The molecule has 0 aliphatic rings. The second kappa shape index (κ2) is 9.73. The second-order valence-electron chi connectivity index (χ2n) is 4.03. The second-order valence-corrected chi connectivity index (χ2v) is 5.18. The molecule has 0 fully saturated rings. The van der Waals surface area contributed by atoms with Crippen molar-refractivity contribution in [2.24, 2.45) is 11.7 Å². The number of thioether (sulfide) groups is 1. The molecule has 0 spiro atoms. The third-order valence-electron chi connectivity index (χ3n) is 2.51. The number of rotatable bonds is 9. The first-order valence-corrected chi connectivity index (χ1v) is 6.94. The summed E-state index contributed by atoms with van der Waals surface area (Å²) in [7, 11) is 0. The highest BCUT2D eigenvalue weighted by Gasteiger charge is 2.09. The molecule has 0 aromatic rings. The zero-order valence-electron chi connectivity index (χ0n) is 10.2. The van der Waals surface area contributed by atoms with Crippen molar-refractivity contribution in [1.82, 2.24) is 0 Å². The van der Waals surface area contributed by atoms with Gasteiger partial charge in [0, 0.05) is 5.75 Å². The third kappa shape index (κ3) is 8.80. The summed E-state index contributed by atoms with van der Waals surface area (Å²) in [5.74, 6) is 1.60. The summed E-state index contributed by atoms with van der Waals surface area (Å²) in [5.41, 5.74) is 5.38. The molecule has 1 unspecified atom stereocenters. The van der Waals surface area contributed by atoms with Gasteiger partial charge in [-0.3, -0.25) is 4.79 Å². The molecule has 0 amide bonds. The summed E-state index contributed by atoms with van der Waals surface area (Å²) in [6.45, 7) is 4.43.